The molecule has 1 aromatic heterocycles. The molecule has 6 nitrogen and oxygen atoms in total. The van der Waals surface area contributed by atoms with Crippen molar-refractivity contribution in [3.8, 4) is 5.75 Å². The van der Waals surface area contributed by atoms with E-state index in [2.05, 4.69) is 17.1 Å². The second-order valence-electron chi connectivity index (χ2n) is 7.78. The van der Waals surface area contributed by atoms with Crippen molar-refractivity contribution in [1.82, 2.24) is 9.97 Å². The second-order valence-corrected chi connectivity index (χ2v) is 7.78. The molecule has 0 spiro atoms. The van der Waals surface area contributed by atoms with E-state index in [4.69, 9.17) is 14.7 Å². The Balaban J connectivity index is 1.53. The predicted octanol–water partition coefficient (Wildman–Crippen LogP) is 4.09. The Kier molecular flexibility index (Phi) is 4.75. The number of nitrogens with one attached hydrogen (secondary N) is 1. The molecule has 2 aliphatic heterocycles. The number of hydrogen-bond acceptors (Lipinski definition) is 6. The molecule has 2 N–H and O–H groups in total. The normalized spacial score (nSPS) is 17.5. The Bertz CT molecular complexity index is 1100. The molecule has 3 aromatic rings. The van der Waals surface area contributed by atoms with Crippen LogP contribution in [0.15, 0.2) is 42.5 Å². The monoisotopic (exact) mass is 406 g/mol. The van der Waals surface area contributed by atoms with E-state index in [1.165, 1.54) is 12.1 Å². The molecule has 1 atom stereocenters. The minimum absolute atomic E-state index is 0.127. The first-order valence-corrected chi connectivity index (χ1v) is 10.2. The number of phenols is 1. The highest BCUT2D eigenvalue weighted by Gasteiger charge is 2.32. The number of aromatic nitrogens is 2. The largest absolute Gasteiger partial charge is 0.508 e. The SMILES string of the molecule is CC1Cc2c(O)cccc2N1c1nc2c(c(NCc3cccc(F)c3)n1)COCC2. The number of phenolic OH excluding ortho intramolecular Hbond substituents is 1. The van der Waals surface area contributed by atoms with Crippen molar-refractivity contribution >= 4 is 17.5 Å². The molecule has 2 aromatic carbocycles. The third kappa shape index (κ3) is 3.35. The summed E-state index contributed by atoms with van der Waals surface area (Å²) in [6, 6.07) is 12.2. The first-order chi connectivity index (χ1) is 14.6. The first-order valence-electron chi connectivity index (χ1n) is 10.2. The minimum Gasteiger partial charge on any atom is -0.508 e. The van der Waals surface area contributed by atoms with Gasteiger partial charge in [-0.2, -0.15) is 4.98 Å². The Hall–Kier alpha value is -3.19. The van der Waals surface area contributed by atoms with E-state index in [1.807, 2.05) is 18.2 Å². The van der Waals surface area contributed by atoms with Gasteiger partial charge in [-0.25, -0.2) is 9.37 Å². The van der Waals surface area contributed by atoms with Crippen LogP contribution >= 0.6 is 0 Å². The molecule has 0 radical (unpaired) electrons. The van der Waals surface area contributed by atoms with Gasteiger partial charge in [-0.3, -0.25) is 0 Å². The summed E-state index contributed by atoms with van der Waals surface area (Å²) < 4.78 is 19.2. The average molecular weight is 406 g/mol. The Morgan fingerprint density at radius 1 is 1.20 bits per heavy atom. The van der Waals surface area contributed by atoms with Gasteiger partial charge in [-0.05, 0) is 43.2 Å². The molecule has 30 heavy (non-hydrogen) atoms. The van der Waals surface area contributed by atoms with E-state index in [-0.39, 0.29) is 11.9 Å². The second kappa shape index (κ2) is 7.57. The molecule has 1 unspecified atom stereocenters. The Morgan fingerprint density at radius 3 is 2.93 bits per heavy atom. The van der Waals surface area contributed by atoms with E-state index in [0.29, 0.717) is 43.7 Å². The zero-order valence-corrected chi connectivity index (χ0v) is 16.7. The fraction of sp³-hybridized carbons (Fsp3) is 0.304. The van der Waals surface area contributed by atoms with Crippen molar-refractivity contribution in [2.75, 3.05) is 16.8 Å². The van der Waals surface area contributed by atoms with Gasteiger partial charge in [-0.15, -0.1) is 0 Å². The third-order valence-electron chi connectivity index (χ3n) is 5.70. The highest BCUT2D eigenvalue weighted by atomic mass is 19.1. The van der Waals surface area contributed by atoms with Crippen molar-refractivity contribution in [2.45, 2.75) is 39.0 Å². The number of aromatic hydroxyl groups is 1. The van der Waals surface area contributed by atoms with Crippen LogP contribution in [-0.4, -0.2) is 27.7 Å². The molecule has 0 saturated carbocycles. The lowest BCUT2D eigenvalue weighted by atomic mass is 10.1. The maximum Gasteiger partial charge on any atom is 0.232 e. The molecule has 154 valence electrons. The molecule has 0 fully saturated rings. The highest BCUT2D eigenvalue weighted by Crippen LogP contribution is 2.41. The quantitative estimate of drug-likeness (QED) is 0.680. The van der Waals surface area contributed by atoms with Crippen LogP contribution in [0.2, 0.25) is 0 Å². The van der Waals surface area contributed by atoms with E-state index in [0.717, 1.165) is 34.5 Å². The molecule has 0 amide bonds. The van der Waals surface area contributed by atoms with Gasteiger partial charge in [0.25, 0.3) is 0 Å². The van der Waals surface area contributed by atoms with Crippen LogP contribution in [0, 0.1) is 5.82 Å². The molecule has 0 bridgehead atoms. The number of hydrogen-bond donors (Lipinski definition) is 2. The fourth-order valence-corrected chi connectivity index (χ4v) is 4.23. The number of halogens is 1. The van der Waals surface area contributed by atoms with Crippen LogP contribution in [0.4, 0.5) is 21.8 Å². The summed E-state index contributed by atoms with van der Waals surface area (Å²) in [4.78, 5) is 11.8. The van der Waals surface area contributed by atoms with Gasteiger partial charge in [0.1, 0.15) is 17.4 Å². The summed E-state index contributed by atoms with van der Waals surface area (Å²) in [6.07, 6.45) is 1.45. The zero-order valence-electron chi connectivity index (χ0n) is 16.7. The van der Waals surface area contributed by atoms with Crippen LogP contribution in [0.3, 0.4) is 0 Å². The average Bonchev–Trinajstić information content (AvgIpc) is 3.09. The standard InChI is InChI=1S/C23H23FN4O2/c1-14-10-17-20(6-3-7-21(17)29)28(14)23-26-19-8-9-30-13-18(19)22(27-23)25-12-15-4-2-5-16(24)11-15/h2-7,11,14,29H,8-10,12-13H2,1H3,(H,25,26,27). The maximum atomic E-state index is 13.6. The van der Waals surface area contributed by atoms with Gasteiger partial charge in [-0.1, -0.05) is 18.2 Å². The Morgan fingerprint density at radius 2 is 2.07 bits per heavy atom. The number of benzene rings is 2. The minimum atomic E-state index is -0.259. The van der Waals surface area contributed by atoms with Crippen LogP contribution < -0.4 is 10.2 Å². The summed E-state index contributed by atoms with van der Waals surface area (Å²) >= 11 is 0. The molecular weight excluding hydrogens is 383 g/mol. The van der Waals surface area contributed by atoms with E-state index < -0.39 is 0 Å². The first kappa shape index (κ1) is 18.8. The summed E-state index contributed by atoms with van der Waals surface area (Å²) in [5.74, 6) is 1.36. The van der Waals surface area contributed by atoms with E-state index in [1.54, 1.807) is 12.1 Å². The van der Waals surface area contributed by atoms with Crippen molar-refractivity contribution in [3.05, 3.63) is 70.7 Å². The summed E-state index contributed by atoms with van der Waals surface area (Å²) in [7, 11) is 0. The molecule has 0 saturated heterocycles. The van der Waals surface area contributed by atoms with Gasteiger partial charge in [0.15, 0.2) is 0 Å². The van der Waals surface area contributed by atoms with E-state index in [9.17, 15) is 9.50 Å². The van der Waals surface area contributed by atoms with Crippen LogP contribution in [-0.2, 0) is 30.7 Å². The van der Waals surface area contributed by atoms with E-state index >= 15 is 0 Å². The number of anilines is 3. The van der Waals surface area contributed by atoms with Gasteiger partial charge in [0.2, 0.25) is 5.95 Å². The summed E-state index contributed by atoms with van der Waals surface area (Å²) in [5, 5.41) is 13.6. The lowest BCUT2D eigenvalue weighted by Crippen LogP contribution is -2.28. The van der Waals surface area contributed by atoms with Gasteiger partial charge >= 0.3 is 0 Å². The smallest absolute Gasteiger partial charge is 0.232 e. The Labute approximate surface area is 174 Å². The lowest BCUT2D eigenvalue weighted by molar-refractivity contribution is 0.109. The number of ether oxygens (including phenoxy) is 1. The molecule has 7 heteroatoms. The van der Waals surface area contributed by atoms with Gasteiger partial charge < -0.3 is 20.1 Å². The molecule has 2 aliphatic rings. The van der Waals surface area contributed by atoms with Gasteiger partial charge in [0, 0.05) is 30.1 Å². The molecule has 5 rings (SSSR count). The van der Waals surface area contributed by atoms with Crippen molar-refractivity contribution in [3.63, 3.8) is 0 Å². The third-order valence-corrected chi connectivity index (χ3v) is 5.70. The molecular formula is C23H23FN4O2. The summed E-state index contributed by atoms with van der Waals surface area (Å²) in [5.41, 5.74) is 4.61. The summed E-state index contributed by atoms with van der Waals surface area (Å²) in [6.45, 7) is 3.63. The van der Waals surface area contributed by atoms with Crippen LogP contribution in [0.25, 0.3) is 0 Å². The molecule has 3 heterocycles. The number of fused-ring (bicyclic) bond motifs is 2. The maximum absolute atomic E-state index is 13.6. The fourth-order valence-electron chi connectivity index (χ4n) is 4.23. The number of rotatable bonds is 4. The number of nitrogens with zero attached hydrogens (tertiary/aromatic N) is 3. The lowest BCUT2D eigenvalue weighted by Gasteiger charge is -2.26. The highest BCUT2D eigenvalue weighted by molar-refractivity contribution is 5.71. The zero-order chi connectivity index (χ0) is 20.7. The van der Waals surface area contributed by atoms with Crippen LogP contribution in [0.1, 0.15) is 29.3 Å². The molecule has 0 aliphatic carbocycles. The van der Waals surface area contributed by atoms with Crippen molar-refractivity contribution in [2.24, 2.45) is 0 Å². The van der Waals surface area contributed by atoms with Crippen molar-refractivity contribution in [1.29, 1.82) is 0 Å². The van der Waals surface area contributed by atoms with Crippen LogP contribution in [0.5, 0.6) is 5.75 Å². The predicted molar refractivity (Wildman–Crippen MR) is 113 cm³/mol. The topological polar surface area (TPSA) is 70.5 Å². The van der Waals surface area contributed by atoms with Crippen molar-refractivity contribution < 1.29 is 14.2 Å². The van der Waals surface area contributed by atoms with Gasteiger partial charge in [0.05, 0.1) is 24.6 Å².